The largest absolute Gasteiger partial charge is 0.443 e. The van der Waals surface area contributed by atoms with E-state index in [0.717, 1.165) is 16.6 Å². The molecule has 1 aliphatic heterocycles. The minimum atomic E-state index is -0.417. The van der Waals surface area contributed by atoms with Crippen LogP contribution in [0.25, 0.3) is 22.4 Å². The molecule has 0 spiro atoms. The molecule has 0 unspecified atom stereocenters. The van der Waals surface area contributed by atoms with E-state index >= 15 is 0 Å². The van der Waals surface area contributed by atoms with Crippen molar-refractivity contribution in [3.05, 3.63) is 48.6 Å². The molecule has 1 amide bonds. The van der Waals surface area contributed by atoms with Gasteiger partial charge in [0.1, 0.15) is 12.1 Å². The van der Waals surface area contributed by atoms with Crippen molar-refractivity contribution in [1.29, 1.82) is 0 Å². The third kappa shape index (κ3) is 3.85. The summed E-state index contributed by atoms with van der Waals surface area (Å²) in [5.74, 6) is 0.0774. The number of nitrogens with one attached hydrogen (secondary N) is 1. The maximum atomic E-state index is 13.0. The second-order valence-corrected chi connectivity index (χ2v) is 7.51. The van der Waals surface area contributed by atoms with Gasteiger partial charge in [-0.2, -0.15) is 5.10 Å². The summed E-state index contributed by atoms with van der Waals surface area (Å²) in [6.45, 7) is 1.20. The second kappa shape index (κ2) is 8.48. The van der Waals surface area contributed by atoms with Gasteiger partial charge in [-0.3, -0.25) is 9.48 Å². The molecule has 11 heteroatoms. The van der Waals surface area contributed by atoms with Gasteiger partial charge in [0.05, 0.1) is 34.8 Å². The third-order valence-corrected chi connectivity index (χ3v) is 5.42. The lowest BCUT2D eigenvalue weighted by Crippen LogP contribution is -2.23. The van der Waals surface area contributed by atoms with Crippen LogP contribution in [0.3, 0.4) is 0 Å². The summed E-state index contributed by atoms with van der Waals surface area (Å²) in [5, 5.41) is 18.2. The number of oxazole rings is 1. The van der Waals surface area contributed by atoms with Crippen LogP contribution < -0.4 is 16.0 Å². The smallest absolute Gasteiger partial charge is 0.277 e. The number of nitrogens with two attached hydrogens (primary N) is 1. The Hall–Kier alpha value is -3.63. The van der Waals surface area contributed by atoms with E-state index in [1.165, 1.54) is 6.26 Å². The molecule has 4 N–H and O–H groups in total. The maximum absolute atomic E-state index is 13.0. The molecule has 10 nitrogen and oxygen atoms in total. The number of aliphatic hydroxyl groups is 1. The monoisotopic (exact) mass is 455 g/mol. The lowest BCUT2D eigenvalue weighted by atomic mass is 10.1. The number of rotatable bonds is 4. The number of pyridine rings is 1. The van der Waals surface area contributed by atoms with Crippen molar-refractivity contribution in [2.75, 3.05) is 29.0 Å². The predicted octanol–water partition coefficient (Wildman–Crippen LogP) is 2.45. The van der Waals surface area contributed by atoms with Crippen LogP contribution in [0.15, 0.2) is 47.3 Å². The molecule has 1 aromatic carbocycles. The Bertz CT molecular complexity index is 1290. The lowest BCUT2D eigenvalue weighted by Gasteiger charge is -2.22. The number of aryl methyl sites for hydroxylation is 1. The van der Waals surface area contributed by atoms with Crippen LogP contribution in [0.5, 0.6) is 0 Å². The van der Waals surface area contributed by atoms with Crippen molar-refractivity contribution >= 4 is 46.4 Å². The van der Waals surface area contributed by atoms with Crippen LogP contribution in [-0.2, 0) is 7.05 Å². The number of fused-ring (bicyclic) bond motifs is 1. The number of aromatic nitrogens is 4. The van der Waals surface area contributed by atoms with Gasteiger partial charge in [-0.25, -0.2) is 9.97 Å². The average molecular weight is 456 g/mol. The van der Waals surface area contributed by atoms with E-state index in [4.69, 9.17) is 10.2 Å². The summed E-state index contributed by atoms with van der Waals surface area (Å²) in [6, 6.07) is 7.29. The van der Waals surface area contributed by atoms with Gasteiger partial charge in [-0.15, -0.1) is 12.4 Å². The van der Waals surface area contributed by atoms with Crippen molar-refractivity contribution in [3.8, 4) is 11.5 Å². The first kappa shape index (κ1) is 21.6. The number of nitrogen functional groups attached to an aromatic ring is 1. The number of β-amino-alcohol motifs (C(OH)–C–C–N with tert-alkyl or cyclic N) is 1. The molecule has 1 saturated heterocycles. The van der Waals surface area contributed by atoms with Crippen LogP contribution in [0.1, 0.15) is 16.9 Å². The van der Waals surface area contributed by atoms with Crippen LogP contribution >= 0.6 is 12.4 Å². The van der Waals surface area contributed by atoms with E-state index < -0.39 is 12.0 Å². The molecule has 4 aromatic rings. The Morgan fingerprint density at radius 2 is 2.22 bits per heavy atom. The zero-order chi connectivity index (χ0) is 21.5. The SMILES string of the molecule is Cl.Cn1ncc2cc(N3CC[C@@H](O)C3)c(NC(=O)c3coc(-c4cccnc4N)n3)cc21. The summed E-state index contributed by atoms with van der Waals surface area (Å²) in [7, 11) is 1.84. The Morgan fingerprint density at radius 1 is 1.38 bits per heavy atom. The summed E-state index contributed by atoms with van der Waals surface area (Å²) in [4.78, 5) is 23.3. The van der Waals surface area contributed by atoms with Gasteiger partial charge < -0.3 is 25.5 Å². The molecular formula is C21H22ClN7O3. The molecule has 4 heterocycles. The first-order valence-electron chi connectivity index (χ1n) is 9.86. The summed E-state index contributed by atoms with van der Waals surface area (Å²) in [5.41, 5.74) is 8.83. The van der Waals surface area contributed by atoms with Crippen molar-refractivity contribution in [1.82, 2.24) is 19.7 Å². The van der Waals surface area contributed by atoms with E-state index in [1.54, 1.807) is 29.2 Å². The highest BCUT2D eigenvalue weighted by molar-refractivity contribution is 6.06. The zero-order valence-electron chi connectivity index (χ0n) is 17.2. The van der Waals surface area contributed by atoms with E-state index in [1.807, 2.05) is 19.2 Å². The van der Waals surface area contributed by atoms with E-state index in [9.17, 15) is 9.90 Å². The van der Waals surface area contributed by atoms with Crippen LogP contribution in [0.4, 0.5) is 17.2 Å². The Kier molecular flexibility index (Phi) is 5.72. The lowest BCUT2D eigenvalue weighted by molar-refractivity contribution is 0.102. The number of hydrogen-bond acceptors (Lipinski definition) is 8. The zero-order valence-corrected chi connectivity index (χ0v) is 18.0. The van der Waals surface area contributed by atoms with Gasteiger partial charge in [-0.05, 0) is 30.7 Å². The molecule has 32 heavy (non-hydrogen) atoms. The first-order chi connectivity index (χ1) is 15.0. The molecule has 3 aromatic heterocycles. The Labute approximate surface area is 189 Å². The Morgan fingerprint density at radius 3 is 2.97 bits per heavy atom. The molecule has 0 bridgehead atoms. The van der Waals surface area contributed by atoms with Gasteiger partial charge in [0.2, 0.25) is 5.89 Å². The molecule has 5 rings (SSSR count). The molecule has 0 aliphatic carbocycles. The molecule has 166 valence electrons. The van der Waals surface area contributed by atoms with E-state index in [-0.39, 0.29) is 29.8 Å². The number of hydrogen-bond donors (Lipinski definition) is 3. The standard InChI is InChI=1S/C21H21N7O3.ClH/c1-27-17-8-15(18(7-12(17)9-24-27)28-6-4-13(29)10-28)25-20(30)16-11-31-21(26-16)14-3-2-5-23-19(14)22;/h2-3,5,7-9,11,13,29H,4,6,10H2,1H3,(H2,22,23)(H,25,30);1H/t13-;/m1./s1. The fraction of sp³-hybridized carbons (Fsp3) is 0.238. The van der Waals surface area contributed by atoms with Crippen molar-refractivity contribution in [2.45, 2.75) is 12.5 Å². The molecule has 1 fully saturated rings. The molecular weight excluding hydrogens is 434 g/mol. The summed E-state index contributed by atoms with van der Waals surface area (Å²) in [6.07, 6.45) is 4.92. The topological polar surface area (TPSA) is 135 Å². The number of anilines is 3. The van der Waals surface area contributed by atoms with Gasteiger partial charge in [0, 0.05) is 31.7 Å². The summed E-state index contributed by atoms with van der Waals surface area (Å²) >= 11 is 0. The molecule has 0 saturated carbocycles. The summed E-state index contributed by atoms with van der Waals surface area (Å²) < 4.78 is 7.20. The highest BCUT2D eigenvalue weighted by Gasteiger charge is 2.25. The minimum Gasteiger partial charge on any atom is -0.443 e. The normalized spacial score (nSPS) is 15.7. The highest BCUT2D eigenvalue weighted by Crippen LogP contribution is 2.34. The second-order valence-electron chi connectivity index (χ2n) is 7.51. The highest BCUT2D eigenvalue weighted by atomic mass is 35.5. The first-order valence-corrected chi connectivity index (χ1v) is 9.86. The number of carbonyl (C=O) groups is 1. The van der Waals surface area contributed by atoms with Crippen LogP contribution in [0, 0.1) is 0 Å². The van der Waals surface area contributed by atoms with Crippen LogP contribution in [0.2, 0.25) is 0 Å². The van der Waals surface area contributed by atoms with Gasteiger partial charge in [0.15, 0.2) is 5.69 Å². The average Bonchev–Trinajstić information content (AvgIpc) is 3.49. The van der Waals surface area contributed by atoms with Crippen molar-refractivity contribution in [3.63, 3.8) is 0 Å². The number of benzene rings is 1. The van der Waals surface area contributed by atoms with E-state index in [0.29, 0.717) is 30.8 Å². The third-order valence-electron chi connectivity index (χ3n) is 5.42. The number of halogens is 1. The van der Waals surface area contributed by atoms with Crippen molar-refractivity contribution in [2.24, 2.45) is 7.05 Å². The maximum Gasteiger partial charge on any atom is 0.277 e. The fourth-order valence-corrected chi connectivity index (χ4v) is 3.80. The number of amides is 1. The predicted molar refractivity (Wildman–Crippen MR) is 123 cm³/mol. The molecule has 1 aliphatic rings. The minimum absolute atomic E-state index is 0. The van der Waals surface area contributed by atoms with Gasteiger partial charge in [-0.1, -0.05) is 0 Å². The number of carbonyl (C=O) groups excluding carboxylic acids is 1. The number of nitrogens with zero attached hydrogens (tertiary/aromatic N) is 5. The Balaban J connectivity index is 0.00000245. The van der Waals surface area contributed by atoms with Gasteiger partial charge >= 0.3 is 0 Å². The molecule has 1 atom stereocenters. The van der Waals surface area contributed by atoms with Gasteiger partial charge in [0.25, 0.3) is 5.91 Å². The fourth-order valence-electron chi connectivity index (χ4n) is 3.80. The van der Waals surface area contributed by atoms with Crippen LogP contribution in [-0.4, -0.2) is 50.0 Å². The van der Waals surface area contributed by atoms with E-state index in [2.05, 4.69) is 25.3 Å². The van der Waals surface area contributed by atoms with Crippen molar-refractivity contribution < 1.29 is 14.3 Å². The number of aliphatic hydroxyl groups excluding tert-OH is 1. The molecule has 0 radical (unpaired) electrons. The quantitative estimate of drug-likeness (QED) is 0.427.